The quantitative estimate of drug-likeness (QED) is 0.727. The summed E-state index contributed by atoms with van der Waals surface area (Å²) in [4.78, 5) is 0. The Kier molecular flexibility index (Phi) is 3.30. The normalized spacial score (nSPS) is 23.1. The van der Waals surface area contributed by atoms with Gasteiger partial charge in [-0.15, -0.1) is 0 Å². The van der Waals surface area contributed by atoms with E-state index in [0.29, 0.717) is 0 Å². The average molecular weight is 203 g/mol. The topological polar surface area (TPSA) is 26.0 Å². The SMILES string of the molecule is CC1=C(CC2CCCC2)C=CCC(N)=C1. The molecule has 0 aromatic rings. The van der Waals surface area contributed by atoms with Crippen molar-refractivity contribution < 1.29 is 0 Å². The first-order chi connectivity index (χ1) is 7.25. The lowest BCUT2D eigenvalue weighted by Gasteiger charge is -2.11. The van der Waals surface area contributed by atoms with Crippen LogP contribution in [0.2, 0.25) is 0 Å². The standard InChI is InChI=1S/C14H21N/c1-11-9-14(15)8-4-7-13(11)10-12-5-2-3-6-12/h4,7,9,12H,2-3,5-6,8,10,15H2,1H3. The van der Waals surface area contributed by atoms with E-state index < -0.39 is 0 Å². The first kappa shape index (κ1) is 10.5. The van der Waals surface area contributed by atoms with Crippen molar-refractivity contribution in [2.45, 2.75) is 45.4 Å². The average Bonchev–Trinajstić information content (AvgIpc) is 2.63. The molecule has 0 aromatic heterocycles. The number of hydrogen-bond donors (Lipinski definition) is 1. The Bertz CT molecular complexity index is 314. The van der Waals surface area contributed by atoms with Gasteiger partial charge in [0.1, 0.15) is 0 Å². The Morgan fingerprint density at radius 1 is 1.33 bits per heavy atom. The van der Waals surface area contributed by atoms with Crippen LogP contribution in [-0.4, -0.2) is 0 Å². The Labute approximate surface area is 92.7 Å². The van der Waals surface area contributed by atoms with E-state index in [1.54, 1.807) is 0 Å². The van der Waals surface area contributed by atoms with E-state index in [4.69, 9.17) is 5.73 Å². The van der Waals surface area contributed by atoms with Gasteiger partial charge in [0.25, 0.3) is 0 Å². The maximum atomic E-state index is 5.87. The molecule has 15 heavy (non-hydrogen) atoms. The molecular weight excluding hydrogens is 182 g/mol. The highest BCUT2D eigenvalue weighted by Gasteiger charge is 2.16. The van der Waals surface area contributed by atoms with E-state index in [2.05, 4.69) is 25.2 Å². The monoisotopic (exact) mass is 203 g/mol. The lowest BCUT2D eigenvalue weighted by molar-refractivity contribution is 0.547. The molecule has 1 heteroatoms. The summed E-state index contributed by atoms with van der Waals surface area (Å²) in [7, 11) is 0. The van der Waals surface area contributed by atoms with Crippen LogP contribution < -0.4 is 5.73 Å². The van der Waals surface area contributed by atoms with Crippen LogP contribution in [0, 0.1) is 5.92 Å². The zero-order valence-corrected chi connectivity index (χ0v) is 9.63. The molecule has 2 rings (SSSR count). The van der Waals surface area contributed by atoms with Crippen LogP contribution in [0.25, 0.3) is 0 Å². The smallest absolute Gasteiger partial charge is 0.0122 e. The van der Waals surface area contributed by atoms with E-state index >= 15 is 0 Å². The van der Waals surface area contributed by atoms with Crippen molar-refractivity contribution in [3.05, 3.63) is 35.1 Å². The molecule has 0 unspecified atom stereocenters. The van der Waals surface area contributed by atoms with Gasteiger partial charge in [0.2, 0.25) is 0 Å². The van der Waals surface area contributed by atoms with Gasteiger partial charge in [-0.1, -0.05) is 37.8 Å². The summed E-state index contributed by atoms with van der Waals surface area (Å²) in [6, 6.07) is 0. The molecule has 1 nitrogen and oxygen atoms in total. The highest BCUT2D eigenvalue weighted by Crippen LogP contribution is 2.32. The molecule has 1 saturated carbocycles. The Morgan fingerprint density at radius 3 is 2.80 bits per heavy atom. The second-order valence-electron chi connectivity index (χ2n) is 4.89. The van der Waals surface area contributed by atoms with E-state index in [0.717, 1.165) is 18.0 Å². The molecule has 0 saturated heterocycles. The van der Waals surface area contributed by atoms with Crippen LogP contribution in [0.1, 0.15) is 45.4 Å². The van der Waals surface area contributed by atoms with Crippen molar-refractivity contribution >= 4 is 0 Å². The van der Waals surface area contributed by atoms with Crippen molar-refractivity contribution in [1.29, 1.82) is 0 Å². The minimum atomic E-state index is 0.908. The molecule has 0 atom stereocenters. The van der Waals surface area contributed by atoms with E-state index in [-0.39, 0.29) is 0 Å². The molecule has 0 radical (unpaired) electrons. The number of nitrogens with two attached hydrogens (primary N) is 1. The molecule has 82 valence electrons. The molecule has 0 aliphatic heterocycles. The van der Waals surface area contributed by atoms with Crippen LogP contribution in [0.4, 0.5) is 0 Å². The molecule has 2 aliphatic carbocycles. The minimum absolute atomic E-state index is 0.908. The number of rotatable bonds is 2. The second-order valence-corrected chi connectivity index (χ2v) is 4.89. The maximum Gasteiger partial charge on any atom is 0.0122 e. The van der Waals surface area contributed by atoms with Gasteiger partial charge in [0.05, 0.1) is 0 Å². The van der Waals surface area contributed by atoms with E-state index in [1.165, 1.54) is 43.3 Å². The van der Waals surface area contributed by atoms with Crippen LogP contribution in [0.15, 0.2) is 35.1 Å². The molecule has 2 N–H and O–H groups in total. The van der Waals surface area contributed by atoms with Crippen LogP contribution in [0.5, 0.6) is 0 Å². The largest absolute Gasteiger partial charge is 0.402 e. The van der Waals surface area contributed by atoms with Crippen molar-refractivity contribution in [3.63, 3.8) is 0 Å². The summed E-state index contributed by atoms with van der Waals surface area (Å²) in [5.41, 5.74) is 9.73. The lowest BCUT2D eigenvalue weighted by atomic mass is 9.95. The summed E-state index contributed by atoms with van der Waals surface area (Å²) in [6.45, 7) is 2.19. The fourth-order valence-electron chi connectivity index (χ4n) is 2.65. The molecule has 0 spiro atoms. The second kappa shape index (κ2) is 4.69. The molecule has 1 fully saturated rings. The lowest BCUT2D eigenvalue weighted by Crippen LogP contribution is -1.97. The Morgan fingerprint density at radius 2 is 2.07 bits per heavy atom. The molecule has 0 bridgehead atoms. The molecule has 0 aromatic carbocycles. The van der Waals surface area contributed by atoms with E-state index in [9.17, 15) is 0 Å². The van der Waals surface area contributed by atoms with Crippen LogP contribution in [0.3, 0.4) is 0 Å². The summed E-state index contributed by atoms with van der Waals surface area (Å²) in [5, 5.41) is 0. The van der Waals surface area contributed by atoms with Crippen LogP contribution >= 0.6 is 0 Å². The third-order valence-electron chi connectivity index (χ3n) is 3.56. The maximum absolute atomic E-state index is 5.87. The third-order valence-corrected chi connectivity index (χ3v) is 3.56. The first-order valence-electron chi connectivity index (χ1n) is 6.08. The van der Waals surface area contributed by atoms with Gasteiger partial charge in [-0.25, -0.2) is 0 Å². The molecule has 2 aliphatic rings. The molecule has 0 amide bonds. The van der Waals surface area contributed by atoms with Crippen molar-refractivity contribution in [2.24, 2.45) is 11.7 Å². The van der Waals surface area contributed by atoms with Crippen LogP contribution in [-0.2, 0) is 0 Å². The summed E-state index contributed by atoms with van der Waals surface area (Å²) >= 11 is 0. The summed E-state index contributed by atoms with van der Waals surface area (Å²) in [6.07, 6.45) is 14.5. The Hall–Kier alpha value is -0.980. The highest BCUT2D eigenvalue weighted by atomic mass is 14.6. The third kappa shape index (κ3) is 2.74. The fourth-order valence-corrected chi connectivity index (χ4v) is 2.65. The molecule has 0 heterocycles. The zero-order valence-electron chi connectivity index (χ0n) is 9.63. The number of allylic oxidation sites excluding steroid dienone is 5. The van der Waals surface area contributed by atoms with Gasteiger partial charge in [0, 0.05) is 12.1 Å². The van der Waals surface area contributed by atoms with Gasteiger partial charge < -0.3 is 5.73 Å². The van der Waals surface area contributed by atoms with Gasteiger partial charge in [-0.3, -0.25) is 0 Å². The fraction of sp³-hybridized carbons (Fsp3) is 0.571. The van der Waals surface area contributed by atoms with Crippen molar-refractivity contribution in [3.8, 4) is 0 Å². The minimum Gasteiger partial charge on any atom is -0.402 e. The zero-order chi connectivity index (χ0) is 10.7. The van der Waals surface area contributed by atoms with Gasteiger partial charge in [-0.2, -0.15) is 0 Å². The van der Waals surface area contributed by atoms with Crippen molar-refractivity contribution in [2.75, 3.05) is 0 Å². The summed E-state index contributed by atoms with van der Waals surface area (Å²) < 4.78 is 0. The Balaban J connectivity index is 2.08. The van der Waals surface area contributed by atoms with Crippen molar-refractivity contribution in [1.82, 2.24) is 0 Å². The first-order valence-corrected chi connectivity index (χ1v) is 6.08. The predicted octanol–water partition coefficient (Wildman–Crippen LogP) is 3.69. The predicted molar refractivity (Wildman–Crippen MR) is 65.3 cm³/mol. The highest BCUT2D eigenvalue weighted by molar-refractivity contribution is 5.37. The number of hydrogen-bond acceptors (Lipinski definition) is 1. The van der Waals surface area contributed by atoms with E-state index in [1.807, 2.05) is 0 Å². The van der Waals surface area contributed by atoms with Gasteiger partial charge in [0.15, 0.2) is 0 Å². The molecular formula is C14H21N. The summed E-state index contributed by atoms with van der Waals surface area (Å²) in [5.74, 6) is 0.923. The van der Waals surface area contributed by atoms with Gasteiger partial charge >= 0.3 is 0 Å². The van der Waals surface area contributed by atoms with Gasteiger partial charge in [-0.05, 0) is 36.5 Å².